The molecule has 6 rings (SSSR count). The van der Waals surface area contributed by atoms with Crippen molar-refractivity contribution in [1.29, 1.82) is 0 Å². The third-order valence-corrected chi connectivity index (χ3v) is 7.73. The lowest BCUT2D eigenvalue weighted by Crippen LogP contribution is -2.51. The van der Waals surface area contributed by atoms with E-state index in [0.29, 0.717) is 42.4 Å². The molecule has 3 aliphatic rings. The second-order valence-corrected chi connectivity index (χ2v) is 10.1. The highest BCUT2D eigenvalue weighted by molar-refractivity contribution is 5.95. The first-order chi connectivity index (χ1) is 19.9. The van der Waals surface area contributed by atoms with Crippen molar-refractivity contribution in [1.82, 2.24) is 19.4 Å². The summed E-state index contributed by atoms with van der Waals surface area (Å²) >= 11 is 0. The van der Waals surface area contributed by atoms with E-state index in [9.17, 15) is 19.2 Å². The van der Waals surface area contributed by atoms with Gasteiger partial charge in [-0.1, -0.05) is 0 Å². The van der Waals surface area contributed by atoms with Crippen LogP contribution in [0.25, 0.3) is 11.0 Å². The van der Waals surface area contributed by atoms with E-state index in [-0.39, 0.29) is 61.5 Å². The number of ether oxygens (including phenoxy) is 3. The molecule has 3 aromatic rings. The van der Waals surface area contributed by atoms with Crippen molar-refractivity contribution in [2.75, 3.05) is 37.0 Å². The fourth-order valence-electron chi connectivity index (χ4n) is 5.78. The molecule has 14 heteroatoms. The lowest BCUT2D eigenvalue weighted by molar-refractivity contribution is -0.133. The first-order valence-electron chi connectivity index (χ1n) is 13.3. The van der Waals surface area contributed by atoms with Crippen LogP contribution in [0.3, 0.4) is 0 Å². The van der Waals surface area contributed by atoms with Gasteiger partial charge in [0.1, 0.15) is 17.6 Å². The Kier molecular flexibility index (Phi) is 6.91. The number of carbonyl (C=O) groups excluding carboxylic acids is 3. The molecule has 2 fully saturated rings. The van der Waals surface area contributed by atoms with Crippen LogP contribution in [0, 0.1) is 0 Å². The highest BCUT2D eigenvalue weighted by Gasteiger charge is 2.48. The monoisotopic (exact) mass is 563 g/mol. The summed E-state index contributed by atoms with van der Waals surface area (Å²) in [4.78, 5) is 62.5. The molecule has 3 atom stereocenters. The first-order valence-corrected chi connectivity index (χ1v) is 13.3. The number of carbonyl (C=O) groups is 3. The quantitative estimate of drug-likeness (QED) is 0.420. The zero-order valence-corrected chi connectivity index (χ0v) is 22.3. The molecule has 3 aromatic heterocycles. The Morgan fingerprint density at radius 3 is 2.78 bits per heavy atom. The minimum Gasteiger partial charge on any atom is -0.481 e. The van der Waals surface area contributed by atoms with Crippen molar-refractivity contribution < 1.29 is 28.6 Å². The molecule has 5 heterocycles. The second-order valence-electron chi connectivity index (χ2n) is 10.1. The molecule has 41 heavy (non-hydrogen) atoms. The van der Waals surface area contributed by atoms with Gasteiger partial charge in [0.05, 0.1) is 19.7 Å². The number of aromatic nitrogens is 3. The number of nitrogens with two attached hydrogens (primary N) is 1. The van der Waals surface area contributed by atoms with Crippen LogP contribution in [0.2, 0.25) is 0 Å². The summed E-state index contributed by atoms with van der Waals surface area (Å²) in [6.45, 7) is 0.134. The molecule has 1 saturated heterocycles. The van der Waals surface area contributed by atoms with Gasteiger partial charge in [-0.05, 0) is 37.1 Å². The van der Waals surface area contributed by atoms with E-state index in [0.717, 1.165) is 5.39 Å². The SMILES string of the molecule is COc1ccc2ccc(=O)n(CCN(C(=O)CN)[C@H]3CC[C@H]4[C@H](C3)OC(=O)N4c3ccc4c(n3)NC(=O)CO4)c2n1. The Bertz CT molecular complexity index is 1590. The predicted octanol–water partition coefficient (Wildman–Crippen LogP) is 0.865. The Labute approximate surface area is 234 Å². The summed E-state index contributed by atoms with van der Waals surface area (Å²) in [6.07, 6.45) is 0.505. The number of amides is 3. The van der Waals surface area contributed by atoms with E-state index >= 15 is 0 Å². The van der Waals surface area contributed by atoms with Crippen molar-refractivity contribution in [2.45, 2.75) is 44.0 Å². The van der Waals surface area contributed by atoms with E-state index < -0.39 is 12.2 Å². The number of anilines is 2. The van der Waals surface area contributed by atoms with E-state index in [1.807, 2.05) is 6.07 Å². The van der Waals surface area contributed by atoms with Gasteiger partial charge in [-0.2, -0.15) is 4.98 Å². The van der Waals surface area contributed by atoms with Crippen LogP contribution in [-0.2, 0) is 20.9 Å². The summed E-state index contributed by atoms with van der Waals surface area (Å²) in [5.41, 5.74) is 5.98. The summed E-state index contributed by atoms with van der Waals surface area (Å²) in [5.74, 6) is 0.810. The maximum absolute atomic E-state index is 13.0. The lowest BCUT2D eigenvalue weighted by atomic mass is 9.87. The van der Waals surface area contributed by atoms with E-state index in [2.05, 4.69) is 15.3 Å². The molecule has 0 aromatic carbocycles. The number of fused-ring (bicyclic) bond motifs is 3. The Morgan fingerprint density at radius 1 is 1.15 bits per heavy atom. The second kappa shape index (κ2) is 10.7. The van der Waals surface area contributed by atoms with Crippen LogP contribution in [-0.4, -0.2) is 82.3 Å². The van der Waals surface area contributed by atoms with Crippen LogP contribution in [0.5, 0.6) is 11.6 Å². The highest BCUT2D eigenvalue weighted by atomic mass is 16.6. The smallest absolute Gasteiger partial charge is 0.416 e. The van der Waals surface area contributed by atoms with Gasteiger partial charge in [-0.25, -0.2) is 9.78 Å². The van der Waals surface area contributed by atoms with Gasteiger partial charge >= 0.3 is 6.09 Å². The number of nitrogens with one attached hydrogen (secondary N) is 1. The van der Waals surface area contributed by atoms with Gasteiger partial charge in [0.15, 0.2) is 18.2 Å². The fraction of sp³-hybridized carbons (Fsp3) is 0.407. The van der Waals surface area contributed by atoms with Crippen LogP contribution < -0.4 is 31.0 Å². The average molecular weight is 564 g/mol. The van der Waals surface area contributed by atoms with Gasteiger partial charge in [0.2, 0.25) is 11.8 Å². The molecule has 0 radical (unpaired) electrons. The third kappa shape index (κ3) is 4.90. The summed E-state index contributed by atoms with van der Waals surface area (Å²) in [5, 5.41) is 3.42. The topological polar surface area (TPSA) is 171 Å². The molecule has 0 spiro atoms. The van der Waals surface area contributed by atoms with Crippen molar-refractivity contribution in [3.05, 3.63) is 46.8 Å². The molecular weight excluding hydrogens is 534 g/mol. The molecule has 14 nitrogen and oxygen atoms in total. The summed E-state index contributed by atoms with van der Waals surface area (Å²) in [7, 11) is 1.50. The maximum Gasteiger partial charge on any atom is 0.416 e. The highest BCUT2D eigenvalue weighted by Crippen LogP contribution is 2.38. The maximum atomic E-state index is 13.0. The molecule has 1 aliphatic carbocycles. The summed E-state index contributed by atoms with van der Waals surface area (Å²) < 4.78 is 17.9. The van der Waals surface area contributed by atoms with Gasteiger partial charge in [0, 0.05) is 43.1 Å². The number of hydrogen-bond donors (Lipinski definition) is 2. The van der Waals surface area contributed by atoms with Gasteiger partial charge in [0.25, 0.3) is 11.5 Å². The summed E-state index contributed by atoms with van der Waals surface area (Å²) in [6, 6.07) is 9.47. The molecule has 3 amide bonds. The standard InChI is InChI=1S/C27H29N7O7/c1-39-22-8-2-15-3-9-23(36)33(26(15)31-22)11-10-32(24(37)13-28)16-4-5-17-19(12-16)41-27(38)34(17)20-7-6-18-25(29-20)30-21(35)14-40-18/h2-3,6-9,16-17,19H,4-5,10-14,28H2,1H3,(H,29,30,35)/t16-,17-,19-/m0/s1. The normalized spacial score (nSPS) is 21.4. The van der Waals surface area contributed by atoms with Crippen molar-refractivity contribution in [2.24, 2.45) is 5.73 Å². The molecule has 2 aliphatic heterocycles. The molecular formula is C27H29N7O7. The first kappa shape index (κ1) is 26.5. The van der Waals surface area contributed by atoms with E-state index in [1.165, 1.54) is 22.6 Å². The number of hydrogen-bond acceptors (Lipinski definition) is 10. The van der Waals surface area contributed by atoms with Crippen molar-refractivity contribution in [3.63, 3.8) is 0 Å². The van der Waals surface area contributed by atoms with Crippen LogP contribution in [0.4, 0.5) is 16.4 Å². The Morgan fingerprint density at radius 2 is 1.98 bits per heavy atom. The Balaban J connectivity index is 1.20. The number of nitrogens with zero attached hydrogens (tertiary/aromatic N) is 5. The zero-order valence-electron chi connectivity index (χ0n) is 22.3. The van der Waals surface area contributed by atoms with Gasteiger partial charge in [-0.3, -0.25) is 23.9 Å². The van der Waals surface area contributed by atoms with Gasteiger partial charge < -0.3 is 30.2 Å². The van der Waals surface area contributed by atoms with Gasteiger partial charge in [-0.15, -0.1) is 0 Å². The van der Waals surface area contributed by atoms with E-state index in [4.69, 9.17) is 19.9 Å². The van der Waals surface area contributed by atoms with Crippen molar-refractivity contribution >= 4 is 40.6 Å². The fourth-order valence-corrected chi connectivity index (χ4v) is 5.78. The Hall–Kier alpha value is -4.72. The number of pyridine rings is 3. The van der Waals surface area contributed by atoms with Crippen molar-refractivity contribution in [3.8, 4) is 11.6 Å². The predicted molar refractivity (Wildman–Crippen MR) is 146 cm³/mol. The lowest BCUT2D eigenvalue weighted by Gasteiger charge is -2.39. The minimum atomic E-state index is -0.546. The minimum absolute atomic E-state index is 0.0935. The largest absolute Gasteiger partial charge is 0.481 e. The molecule has 1 saturated carbocycles. The number of rotatable bonds is 7. The average Bonchev–Trinajstić information content (AvgIpc) is 3.32. The zero-order chi connectivity index (χ0) is 28.7. The van der Waals surface area contributed by atoms with Crippen LogP contribution in [0.1, 0.15) is 19.3 Å². The molecule has 0 unspecified atom stereocenters. The molecule has 0 bridgehead atoms. The number of methoxy groups -OCH3 is 1. The van der Waals surface area contributed by atoms with E-state index in [1.54, 1.807) is 29.2 Å². The molecule has 214 valence electrons. The molecule has 3 N–H and O–H groups in total. The van der Waals surface area contributed by atoms with Crippen LogP contribution >= 0.6 is 0 Å². The van der Waals surface area contributed by atoms with Crippen LogP contribution in [0.15, 0.2) is 41.2 Å². The third-order valence-electron chi connectivity index (χ3n) is 7.73.